The largest absolute Gasteiger partial charge is 0.423 e. The molecule has 1 N–H and O–H groups in total. The van der Waals surface area contributed by atoms with Crippen LogP contribution >= 0.6 is 22.6 Å². The van der Waals surface area contributed by atoms with Crippen molar-refractivity contribution in [2.75, 3.05) is 18.5 Å². The molecule has 140 valence electrons. The molecule has 1 amide bonds. The molecule has 26 heavy (non-hydrogen) atoms. The second-order valence-corrected chi connectivity index (χ2v) is 8.83. The van der Waals surface area contributed by atoms with Crippen LogP contribution in [-0.4, -0.2) is 19.1 Å². The van der Waals surface area contributed by atoms with E-state index in [-0.39, 0.29) is 11.3 Å². The first kappa shape index (κ1) is 21.0. The molecule has 0 aliphatic heterocycles. The number of anilines is 1. The molecule has 0 fully saturated rings. The quantitative estimate of drug-likeness (QED) is 0.524. The Morgan fingerprint density at radius 2 is 1.88 bits per heavy atom. The lowest BCUT2D eigenvalue weighted by Crippen LogP contribution is -2.14. The van der Waals surface area contributed by atoms with E-state index in [1.54, 1.807) is 38.1 Å². The van der Waals surface area contributed by atoms with E-state index in [0.717, 1.165) is 0 Å². The highest BCUT2D eigenvalue weighted by Crippen LogP contribution is 2.50. The zero-order valence-corrected chi connectivity index (χ0v) is 17.5. The van der Waals surface area contributed by atoms with Gasteiger partial charge in [-0.15, -0.1) is 0 Å². The van der Waals surface area contributed by atoms with Crippen LogP contribution < -0.4 is 9.84 Å². The molecule has 0 bridgehead atoms. The summed E-state index contributed by atoms with van der Waals surface area (Å²) in [6, 6.07) is 10.5. The molecule has 0 unspecified atom stereocenters. The SMILES string of the molecule is CCOP(=S)(OCC)Oc1ccc(Br)cc1C(=O)Nc1cccc(F)c1. The standard InChI is InChI=1S/C17H18BrFNO4PS/c1-3-22-25(26,23-4-2)24-16-9-8-12(18)10-15(16)17(21)20-14-7-5-6-13(19)11-14/h5-11H,3-4H2,1-2H3,(H,20,21). The first-order valence-corrected chi connectivity index (χ1v) is 11.2. The van der Waals surface area contributed by atoms with E-state index in [9.17, 15) is 9.18 Å². The van der Waals surface area contributed by atoms with E-state index in [0.29, 0.717) is 23.4 Å². The predicted molar refractivity (Wildman–Crippen MR) is 107 cm³/mol. The van der Waals surface area contributed by atoms with Crippen molar-refractivity contribution < 1.29 is 22.8 Å². The van der Waals surface area contributed by atoms with Gasteiger partial charge in [-0.05, 0) is 50.2 Å². The van der Waals surface area contributed by atoms with E-state index >= 15 is 0 Å². The number of carbonyl (C=O) groups excluding carboxylic acids is 1. The minimum atomic E-state index is -3.04. The smallest absolute Gasteiger partial charge is 0.380 e. The molecule has 2 rings (SSSR count). The molecular weight excluding hydrogens is 444 g/mol. The lowest BCUT2D eigenvalue weighted by Gasteiger charge is -2.22. The van der Waals surface area contributed by atoms with E-state index in [2.05, 4.69) is 21.2 Å². The minimum absolute atomic E-state index is 0.220. The van der Waals surface area contributed by atoms with E-state index in [1.165, 1.54) is 18.2 Å². The Labute approximate surface area is 165 Å². The van der Waals surface area contributed by atoms with Crippen molar-refractivity contribution in [1.82, 2.24) is 0 Å². The highest BCUT2D eigenvalue weighted by atomic mass is 79.9. The van der Waals surface area contributed by atoms with Crippen LogP contribution in [-0.2, 0) is 20.9 Å². The van der Waals surface area contributed by atoms with Crippen molar-refractivity contribution in [1.29, 1.82) is 0 Å². The van der Waals surface area contributed by atoms with E-state index < -0.39 is 18.4 Å². The molecule has 0 radical (unpaired) electrons. The van der Waals surface area contributed by atoms with Gasteiger partial charge >= 0.3 is 6.72 Å². The Kier molecular flexibility index (Phi) is 7.73. The molecule has 0 aliphatic rings. The van der Waals surface area contributed by atoms with Crippen molar-refractivity contribution in [3.05, 3.63) is 58.3 Å². The number of hydrogen-bond donors (Lipinski definition) is 1. The first-order valence-electron chi connectivity index (χ1n) is 7.82. The normalized spacial score (nSPS) is 11.2. The molecule has 0 heterocycles. The molecule has 0 saturated carbocycles. The summed E-state index contributed by atoms with van der Waals surface area (Å²) in [5, 5.41) is 2.63. The minimum Gasteiger partial charge on any atom is -0.423 e. The summed E-state index contributed by atoms with van der Waals surface area (Å²) in [7, 11) is 0. The van der Waals surface area contributed by atoms with Gasteiger partial charge in [0.15, 0.2) is 0 Å². The number of rotatable bonds is 8. The Hall–Kier alpha value is -1.31. The van der Waals surface area contributed by atoms with Crippen molar-refractivity contribution in [2.24, 2.45) is 0 Å². The van der Waals surface area contributed by atoms with Crippen molar-refractivity contribution in [2.45, 2.75) is 13.8 Å². The van der Waals surface area contributed by atoms with Gasteiger partial charge in [-0.2, -0.15) is 0 Å². The molecule has 0 aromatic heterocycles. The number of carbonyl (C=O) groups is 1. The number of hydrogen-bond acceptors (Lipinski definition) is 5. The van der Waals surface area contributed by atoms with Gasteiger partial charge in [0.25, 0.3) is 5.91 Å². The predicted octanol–water partition coefficient (Wildman–Crippen LogP) is 5.52. The topological polar surface area (TPSA) is 56.8 Å². The van der Waals surface area contributed by atoms with Crippen LogP contribution in [0.25, 0.3) is 0 Å². The highest BCUT2D eigenvalue weighted by Gasteiger charge is 2.24. The Morgan fingerprint density at radius 1 is 1.19 bits per heavy atom. The summed E-state index contributed by atoms with van der Waals surface area (Å²) in [6.45, 7) is 1.16. The molecule has 0 aliphatic carbocycles. The van der Waals surface area contributed by atoms with Gasteiger partial charge in [0.2, 0.25) is 0 Å². The van der Waals surface area contributed by atoms with Crippen LogP contribution in [0.4, 0.5) is 10.1 Å². The fourth-order valence-corrected chi connectivity index (χ4v) is 4.50. The number of halogens is 2. The summed E-state index contributed by atoms with van der Waals surface area (Å²) in [6.07, 6.45) is 0. The van der Waals surface area contributed by atoms with Crippen LogP contribution in [0.5, 0.6) is 5.75 Å². The van der Waals surface area contributed by atoms with Gasteiger partial charge in [0.05, 0.1) is 18.8 Å². The summed E-state index contributed by atoms with van der Waals surface area (Å²) in [5.74, 6) is -0.689. The second-order valence-electron chi connectivity index (χ2n) is 4.98. The van der Waals surface area contributed by atoms with Crippen molar-refractivity contribution in [3.8, 4) is 5.75 Å². The second kappa shape index (κ2) is 9.58. The number of benzene rings is 2. The zero-order valence-electron chi connectivity index (χ0n) is 14.2. The average molecular weight is 462 g/mol. The Bertz CT molecular complexity index is 826. The van der Waals surface area contributed by atoms with Crippen molar-refractivity contribution in [3.63, 3.8) is 0 Å². The van der Waals surface area contributed by atoms with Gasteiger partial charge in [-0.1, -0.05) is 22.0 Å². The van der Waals surface area contributed by atoms with E-state index in [1.807, 2.05) is 0 Å². The lowest BCUT2D eigenvalue weighted by atomic mass is 10.2. The highest BCUT2D eigenvalue weighted by molar-refractivity contribution is 9.10. The first-order chi connectivity index (χ1) is 12.4. The molecule has 2 aromatic carbocycles. The molecule has 5 nitrogen and oxygen atoms in total. The van der Waals surface area contributed by atoms with Crippen molar-refractivity contribution >= 4 is 46.0 Å². The fraction of sp³-hybridized carbons (Fsp3) is 0.235. The van der Waals surface area contributed by atoms with Crippen LogP contribution in [0.3, 0.4) is 0 Å². The third-order valence-corrected chi connectivity index (χ3v) is 5.97. The molecule has 2 aromatic rings. The van der Waals surface area contributed by atoms with Gasteiger partial charge in [-0.25, -0.2) is 4.39 Å². The van der Waals surface area contributed by atoms with E-state index in [4.69, 9.17) is 25.4 Å². The molecule has 0 atom stereocenters. The fourth-order valence-electron chi connectivity index (χ4n) is 2.05. The lowest BCUT2D eigenvalue weighted by molar-refractivity contribution is 0.102. The maximum absolute atomic E-state index is 13.3. The maximum atomic E-state index is 13.3. The molecule has 0 saturated heterocycles. The Morgan fingerprint density at radius 3 is 2.50 bits per heavy atom. The Balaban J connectivity index is 2.31. The summed E-state index contributed by atoms with van der Waals surface area (Å²) >= 11 is 8.69. The summed E-state index contributed by atoms with van der Waals surface area (Å²) in [4.78, 5) is 12.7. The summed E-state index contributed by atoms with van der Waals surface area (Å²) in [5.41, 5.74) is 0.548. The third-order valence-electron chi connectivity index (χ3n) is 3.05. The maximum Gasteiger partial charge on any atom is 0.380 e. The third kappa shape index (κ3) is 5.86. The molecule has 9 heteroatoms. The number of nitrogens with one attached hydrogen (secondary N) is 1. The zero-order chi connectivity index (χ0) is 19.2. The average Bonchev–Trinajstić information content (AvgIpc) is 2.57. The number of amides is 1. The monoisotopic (exact) mass is 461 g/mol. The van der Waals surface area contributed by atoms with Gasteiger partial charge in [0.1, 0.15) is 11.6 Å². The van der Waals surface area contributed by atoms with Gasteiger partial charge in [-0.3, -0.25) is 13.8 Å². The van der Waals surface area contributed by atoms with Crippen LogP contribution in [0.15, 0.2) is 46.9 Å². The van der Waals surface area contributed by atoms with Crippen LogP contribution in [0.1, 0.15) is 24.2 Å². The van der Waals surface area contributed by atoms with Gasteiger partial charge in [0, 0.05) is 22.0 Å². The van der Waals surface area contributed by atoms with Crippen LogP contribution in [0, 0.1) is 5.82 Å². The molecule has 0 spiro atoms. The summed E-state index contributed by atoms with van der Waals surface area (Å²) < 4.78 is 30.7. The van der Waals surface area contributed by atoms with Gasteiger partial charge < -0.3 is 9.84 Å². The van der Waals surface area contributed by atoms with Crippen LogP contribution in [0.2, 0.25) is 0 Å². The molecular formula is C17H18BrFNO4PS.